The Morgan fingerprint density at radius 3 is 2.87 bits per heavy atom. The molecule has 0 saturated carbocycles. The number of hydrogen-bond acceptors (Lipinski definition) is 4. The second kappa shape index (κ2) is 4.68. The van der Waals surface area contributed by atoms with Gasteiger partial charge >= 0.3 is 5.97 Å². The summed E-state index contributed by atoms with van der Waals surface area (Å²) in [7, 11) is 1.15. The van der Waals surface area contributed by atoms with Gasteiger partial charge in [-0.2, -0.15) is 0 Å². The van der Waals surface area contributed by atoms with Crippen LogP contribution >= 0.6 is 0 Å². The number of carbonyl (C=O) groups excluding carboxylic acids is 1. The lowest BCUT2D eigenvalue weighted by Gasteiger charge is -2.06. The number of methoxy groups -OCH3 is 1. The largest absolute Gasteiger partial charge is 0.506 e. The van der Waals surface area contributed by atoms with Crippen molar-refractivity contribution in [3.63, 3.8) is 0 Å². The molecule has 0 fully saturated rings. The van der Waals surface area contributed by atoms with E-state index in [0.29, 0.717) is 0 Å². The van der Waals surface area contributed by atoms with E-state index in [1.54, 1.807) is 0 Å². The van der Waals surface area contributed by atoms with Crippen molar-refractivity contribution >= 4 is 5.97 Å². The second-order valence-electron chi connectivity index (χ2n) is 2.79. The third-order valence-corrected chi connectivity index (χ3v) is 1.76. The number of aromatic nitrogens is 1. The topological polar surface area (TPSA) is 59.4 Å². The molecule has 0 aliphatic rings. The summed E-state index contributed by atoms with van der Waals surface area (Å²) in [4.78, 5) is 14.2. The number of aromatic hydroxyl groups is 1. The molecule has 0 aromatic carbocycles. The minimum atomic E-state index is -2.79. The molecule has 1 heterocycles. The highest BCUT2D eigenvalue weighted by Crippen LogP contribution is 2.23. The first-order valence-electron chi connectivity index (χ1n) is 4.07. The Morgan fingerprint density at radius 1 is 1.67 bits per heavy atom. The molecule has 0 bridgehead atoms. The maximum absolute atomic E-state index is 12.4. The number of rotatable bonds is 3. The molecule has 0 aliphatic carbocycles. The normalized spacial score (nSPS) is 10.4. The lowest BCUT2D eigenvalue weighted by molar-refractivity contribution is -0.139. The lowest BCUT2D eigenvalue weighted by atomic mass is 10.1. The summed E-state index contributed by atoms with van der Waals surface area (Å²) in [6, 6.07) is 1.07. The summed E-state index contributed by atoms with van der Waals surface area (Å²) < 4.78 is 29.2. The SMILES string of the molecule is COC(=O)Cc1cc(O)cnc1C(F)F. The summed E-state index contributed by atoms with van der Waals surface area (Å²) in [5.41, 5.74) is -0.546. The van der Waals surface area contributed by atoms with Crippen molar-refractivity contribution in [1.82, 2.24) is 4.98 Å². The molecule has 82 valence electrons. The zero-order chi connectivity index (χ0) is 11.4. The molecular weight excluding hydrogens is 208 g/mol. The van der Waals surface area contributed by atoms with Crippen molar-refractivity contribution in [3.8, 4) is 5.75 Å². The van der Waals surface area contributed by atoms with Crippen molar-refractivity contribution < 1.29 is 23.4 Å². The average molecular weight is 217 g/mol. The Hall–Kier alpha value is -1.72. The monoisotopic (exact) mass is 217 g/mol. The molecule has 0 spiro atoms. The fourth-order valence-corrected chi connectivity index (χ4v) is 1.07. The van der Waals surface area contributed by atoms with Crippen LogP contribution in [0.1, 0.15) is 17.7 Å². The Morgan fingerprint density at radius 2 is 2.33 bits per heavy atom. The number of carbonyl (C=O) groups is 1. The Labute approximate surface area is 84.5 Å². The molecule has 0 atom stereocenters. The quantitative estimate of drug-likeness (QED) is 0.778. The van der Waals surface area contributed by atoms with Crippen molar-refractivity contribution in [2.75, 3.05) is 7.11 Å². The van der Waals surface area contributed by atoms with Crippen LogP contribution in [0.15, 0.2) is 12.3 Å². The van der Waals surface area contributed by atoms with Gasteiger partial charge in [-0.25, -0.2) is 8.78 Å². The van der Waals surface area contributed by atoms with E-state index < -0.39 is 18.1 Å². The number of ether oxygens (including phenoxy) is 1. The number of nitrogens with zero attached hydrogens (tertiary/aromatic N) is 1. The second-order valence-corrected chi connectivity index (χ2v) is 2.79. The van der Waals surface area contributed by atoms with Gasteiger partial charge in [0.05, 0.1) is 19.7 Å². The Kier molecular flexibility index (Phi) is 3.54. The van der Waals surface area contributed by atoms with Gasteiger partial charge < -0.3 is 9.84 Å². The molecule has 1 rings (SSSR count). The highest BCUT2D eigenvalue weighted by molar-refractivity contribution is 5.72. The Bertz CT molecular complexity index is 368. The minimum Gasteiger partial charge on any atom is -0.506 e. The Balaban J connectivity index is 3.02. The maximum atomic E-state index is 12.4. The standard InChI is InChI=1S/C9H9F2NO3/c1-15-7(14)3-5-2-6(13)4-12-8(5)9(10)11/h2,4,9,13H,3H2,1H3. The van der Waals surface area contributed by atoms with Crippen LogP contribution in [-0.2, 0) is 16.0 Å². The number of halogens is 2. The average Bonchev–Trinajstić information content (AvgIpc) is 2.17. The molecule has 4 nitrogen and oxygen atoms in total. The molecule has 0 amide bonds. The van der Waals surface area contributed by atoms with Gasteiger partial charge in [0.2, 0.25) is 0 Å². The van der Waals surface area contributed by atoms with Crippen LogP contribution in [0, 0.1) is 0 Å². The van der Waals surface area contributed by atoms with E-state index in [9.17, 15) is 13.6 Å². The smallest absolute Gasteiger partial charge is 0.310 e. The highest BCUT2D eigenvalue weighted by Gasteiger charge is 2.17. The number of hydrogen-bond donors (Lipinski definition) is 1. The van der Waals surface area contributed by atoms with Crippen LogP contribution in [-0.4, -0.2) is 23.2 Å². The highest BCUT2D eigenvalue weighted by atomic mass is 19.3. The van der Waals surface area contributed by atoms with Crippen LogP contribution in [0.2, 0.25) is 0 Å². The van der Waals surface area contributed by atoms with E-state index >= 15 is 0 Å². The van der Waals surface area contributed by atoms with Crippen LogP contribution in [0.5, 0.6) is 5.75 Å². The molecule has 0 saturated heterocycles. The van der Waals surface area contributed by atoms with Gasteiger partial charge in [-0.1, -0.05) is 0 Å². The predicted octanol–water partition coefficient (Wildman–Crippen LogP) is 1.44. The lowest BCUT2D eigenvalue weighted by Crippen LogP contribution is -2.08. The van der Waals surface area contributed by atoms with Gasteiger partial charge in [-0.15, -0.1) is 0 Å². The van der Waals surface area contributed by atoms with Crippen molar-refractivity contribution in [1.29, 1.82) is 0 Å². The van der Waals surface area contributed by atoms with E-state index in [1.165, 1.54) is 0 Å². The number of pyridine rings is 1. The fraction of sp³-hybridized carbons (Fsp3) is 0.333. The molecule has 0 unspecified atom stereocenters. The van der Waals surface area contributed by atoms with Gasteiger partial charge in [0, 0.05) is 0 Å². The van der Waals surface area contributed by atoms with Crippen LogP contribution in [0.4, 0.5) is 8.78 Å². The van der Waals surface area contributed by atoms with Gasteiger partial charge in [0.25, 0.3) is 6.43 Å². The maximum Gasteiger partial charge on any atom is 0.310 e. The summed E-state index contributed by atoms with van der Waals surface area (Å²) in [5, 5.41) is 9.05. The molecule has 0 aliphatic heterocycles. The predicted molar refractivity (Wildman–Crippen MR) is 46.6 cm³/mol. The first kappa shape index (κ1) is 11.4. The summed E-state index contributed by atoms with van der Waals surface area (Å²) in [5.74, 6) is -0.928. The van der Waals surface area contributed by atoms with Crippen molar-refractivity contribution in [2.45, 2.75) is 12.8 Å². The zero-order valence-corrected chi connectivity index (χ0v) is 7.91. The van der Waals surface area contributed by atoms with Crippen molar-refractivity contribution in [2.24, 2.45) is 0 Å². The van der Waals surface area contributed by atoms with Crippen LogP contribution in [0.25, 0.3) is 0 Å². The van der Waals surface area contributed by atoms with E-state index in [1.807, 2.05) is 0 Å². The van der Waals surface area contributed by atoms with E-state index in [4.69, 9.17) is 5.11 Å². The number of alkyl halides is 2. The molecule has 1 aromatic rings. The van der Waals surface area contributed by atoms with E-state index in [2.05, 4.69) is 9.72 Å². The fourth-order valence-electron chi connectivity index (χ4n) is 1.07. The van der Waals surface area contributed by atoms with Crippen molar-refractivity contribution in [3.05, 3.63) is 23.5 Å². The molecule has 6 heteroatoms. The van der Waals surface area contributed by atoms with Gasteiger partial charge in [-0.05, 0) is 11.6 Å². The summed E-state index contributed by atoms with van der Waals surface area (Å²) in [6.45, 7) is 0. The molecule has 0 radical (unpaired) electrons. The third kappa shape index (κ3) is 2.87. The third-order valence-electron chi connectivity index (χ3n) is 1.76. The molecule has 15 heavy (non-hydrogen) atoms. The molecule has 1 aromatic heterocycles. The molecule has 1 N–H and O–H groups in total. The first-order valence-corrected chi connectivity index (χ1v) is 4.07. The van der Waals surface area contributed by atoms with E-state index in [-0.39, 0.29) is 17.7 Å². The van der Waals surface area contributed by atoms with Gasteiger partial charge in [0.1, 0.15) is 11.4 Å². The van der Waals surface area contributed by atoms with Crippen LogP contribution in [0.3, 0.4) is 0 Å². The minimum absolute atomic E-state index is 0.0307. The summed E-state index contributed by atoms with van der Waals surface area (Å²) >= 11 is 0. The molecular formula is C9H9F2NO3. The summed E-state index contributed by atoms with van der Waals surface area (Å²) in [6.07, 6.45) is -2.22. The van der Waals surface area contributed by atoms with Gasteiger partial charge in [-0.3, -0.25) is 9.78 Å². The zero-order valence-electron chi connectivity index (χ0n) is 7.91. The first-order chi connectivity index (χ1) is 7.04. The van der Waals surface area contributed by atoms with Gasteiger partial charge in [0.15, 0.2) is 0 Å². The van der Waals surface area contributed by atoms with Crippen LogP contribution < -0.4 is 0 Å². The number of esters is 1. The van der Waals surface area contributed by atoms with E-state index in [0.717, 1.165) is 19.4 Å².